The van der Waals surface area contributed by atoms with Crippen LogP contribution in [0.3, 0.4) is 0 Å². The van der Waals surface area contributed by atoms with Crippen LogP contribution in [-0.2, 0) is 6.54 Å². The number of nitrogens with zero attached hydrogens (tertiary/aromatic N) is 2. The van der Waals surface area contributed by atoms with Crippen LogP contribution in [0.25, 0.3) is 0 Å². The summed E-state index contributed by atoms with van der Waals surface area (Å²) in [6.07, 6.45) is 2.01. The zero-order valence-electron chi connectivity index (χ0n) is 16.4. The van der Waals surface area contributed by atoms with Crippen molar-refractivity contribution < 1.29 is 13.6 Å². The fourth-order valence-electron chi connectivity index (χ4n) is 3.27. The molecule has 1 aromatic heterocycles. The SMILES string of the molecule is CCNC(=NCc1ccc(C(N)=O)o1)NC1CCCN(c2cccc(F)c2)C1.I. The molecule has 0 bridgehead atoms. The number of hydrogen-bond acceptors (Lipinski definition) is 4. The second-order valence-corrected chi connectivity index (χ2v) is 6.73. The van der Waals surface area contributed by atoms with Gasteiger partial charge in [-0.3, -0.25) is 4.79 Å². The molecule has 0 aliphatic carbocycles. The van der Waals surface area contributed by atoms with Gasteiger partial charge in [0.25, 0.3) is 5.91 Å². The van der Waals surface area contributed by atoms with Crippen LogP contribution in [0, 0.1) is 5.82 Å². The molecule has 0 spiro atoms. The highest BCUT2D eigenvalue weighted by Gasteiger charge is 2.21. The number of rotatable bonds is 6. The van der Waals surface area contributed by atoms with E-state index in [1.54, 1.807) is 24.3 Å². The monoisotopic (exact) mass is 515 g/mol. The Morgan fingerprint density at radius 3 is 2.90 bits per heavy atom. The molecule has 3 rings (SSSR count). The molecule has 1 aliphatic rings. The first-order chi connectivity index (χ1) is 13.5. The fraction of sp³-hybridized carbons (Fsp3) is 0.400. The van der Waals surface area contributed by atoms with E-state index in [1.165, 1.54) is 6.07 Å². The maximum atomic E-state index is 13.5. The summed E-state index contributed by atoms with van der Waals surface area (Å²) in [7, 11) is 0. The lowest BCUT2D eigenvalue weighted by Crippen LogP contribution is -2.51. The van der Waals surface area contributed by atoms with Gasteiger partial charge in [0.2, 0.25) is 0 Å². The summed E-state index contributed by atoms with van der Waals surface area (Å²) >= 11 is 0. The number of nitrogens with one attached hydrogen (secondary N) is 2. The van der Waals surface area contributed by atoms with E-state index in [1.807, 2.05) is 13.0 Å². The first kappa shape index (κ1) is 23.0. The summed E-state index contributed by atoms with van der Waals surface area (Å²) in [5.41, 5.74) is 6.10. The Morgan fingerprint density at radius 2 is 2.21 bits per heavy atom. The van der Waals surface area contributed by atoms with Crippen molar-refractivity contribution in [1.82, 2.24) is 10.6 Å². The third kappa shape index (κ3) is 6.62. The minimum absolute atomic E-state index is 0. The Morgan fingerprint density at radius 1 is 1.38 bits per heavy atom. The van der Waals surface area contributed by atoms with Crippen molar-refractivity contribution in [3.63, 3.8) is 0 Å². The van der Waals surface area contributed by atoms with Crippen molar-refractivity contribution in [2.45, 2.75) is 32.4 Å². The lowest BCUT2D eigenvalue weighted by molar-refractivity contribution is 0.0972. The third-order valence-electron chi connectivity index (χ3n) is 4.58. The summed E-state index contributed by atoms with van der Waals surface area (Å²) < 4.78 is 18.9. The van der Waals surface area contributed by atoms with E-state index in [2.05, 4.69) is 20.5 Å². The van der Waals surface area contributed by atoms with Gasteiger partial charge in [-0.25, -0.2) is 9.38 Å². The Labute approximate surface area is 186 Å². The molecule has 9 heteroatoms. The Kier molecular flexibility index (Phi) is 8.74. The standard InChI is InChI=1S/C20H26FN5O2.HI/c1-2-23-20(24-12-17-8-9-18(28-17)19(22)27)25-15-6-4-10-26(13-15)16-7-3-5-14(21)11-16;/h3,5,7-9,11,15H,2,4,6,10,12-13H2,1H3,(H2,22,27)(H2,23,24,25);1H. The van der Waals surface area contributed by atoms with Crippen molar-refractivity contribution in [1.29, 1.82) is 0 Å². The number of anilines is 1. The van der Waals surface area contributed by atoms with Crippen molar-refractivity contribution in [3.05, 3.63) is 53.7 Å². The average Bonchev–Trinajstić information content (AvgIpc) is 3.16. The Hall–Kier alpha value is -2.30. The van der Waals surface area contributed by atoms with Gasteiger partial charge in [0.1, 0.15) is 18.1 Å². The minimum Gasteiger partial charge on any atom is -0.454 e. The maximum Gasteiger partial charge on any atom is 0.284 e. The molecule has 1 aromatic carbocycles. The lowest BCUT2D eigenvalue weighted by Gasteiger charge is -2.35. The zero-order valence-corrected chi connectivity index (χ0v) is 18.7. The van der Waals surface area contributed by atoms with E-state index < -0.39 is 5.91 Å². The molecule has 7 nitrogen and oxygen atoms in total. The van der Waals surface area contributed by atoms with Gasteiger partial charge in [0, 0.05) is 31.4 Å². The molecule has 158 valence electrons. The number of aliphatic imine (C=N–C) groups is 1. The maximum absolute atomic E-state index is 13.5. The Bertz CT molecular complexity index is 842. The number of primary amides is 1. The number of amides is 1. The molecule has 2 aromatic rings. The molecular weight excluding hydrogens is 488 g/mol. The topological polar surface area (TPSA) is 95.9 Å². The molecule has 1 fully saturated rings. The summed E-state index contributed by atoms with van der Waals surface area (Å²) in [5, 5.41) is 6.66. The van der Waals surface area contributed by atoms with Crippen molar-refractivity contribution in [3.8, 4) is 0 Å². The van der Waals surface area contributed by atoms with Gasteiger partial charge in [-0.1, -0.05) is 6.07 Å². The minimum atomic E-state index is -0.597. The zero-order chi connectivity index (χ0) is 19.9. The number of hydrogen-bond donors (Lipinski definition) is 3. The van der Waals surface area contributed by atoms with Crippen molar-refractivity contribution in [2.75, 3.05) is 24.5 Å². The van der Waals surface area contributed by atoms with Crippen LogP contribution >= 0.6 is 24.0 Å². The highest BCUT2D eigenvalue weighted by atomic mass is 127. The van der Waals surface area contributed by atoms with Gasteiger partial charge in [-0.05, 0) is 50.1 Å². The summed E-state index contributed by atoms with van der Waals surface area (Å²) in [6.45, 7) is 4.67. The molecule has 4 N–H and O–H groups in total. The van der Waals surface area contributed by atoms with Crippen LogP contribution in [0.15, 0.2) is 45.8 Å². The summed E-state index contributed by atoms with van der Waals surface area (Å²) in [6, 6.07) is 10.1. The molecule has 0 radical (unpaired) electrons. The molecule has 1 atom stereocenters. The number of piperidine rings is 1. The molecule has 1 saturated heterocycles. The summed E-state index contributed by atoms with van der Waals surface area (Å²) in [5.74, 6) is 0.541. The van der Waals surface area contributed by atoms with Crippen LogP contribution in [0.1, 0.15) is 36.1 Å². The Balaban J connectivity index is 0.00000300. The van der Waals surface area contributed by atoms with E-state index in [-0.39, 0.29) is 41.6 Å². The smallest absolute Gasteiger partial charge is 0.284 e. The van der Waals surface area contributed by atoms with Crippen LogP contribution in [0.2, 0.25) is 0 Å². The van der Waals surface area contributed by atoms with Crippen LogP contribution in [0.5, 0.6) is 0 Å². The van der Waals surface area contributed by atoms with Crippen LogP contribution in [-0.4, -0.2) is 37.5 Å². The van der Waals surface area contributed by atoms with E-state index in [0.29, 0.717) is 18.3 Å². The van der Waals surface area contributed by atoms with Crippen molar-refractivity contribution in [2.24, 2.45) is 10.7 Å². The second kappa shape index (κ2) is 11.0. The van der Waals surface area contributed by atoms with Crippen molar-refractivity contribution >= 4 is 41.5 Å². The molecular formula is C20H27FIN5O2. The number of carbonyl (C=O) groups excluding carboxylic acids is 1. The lowest BCUT2D eigenvalue weighted by atomic mass is 10.0. The third-order valence-corrected chi connectivity index (χ3v) is 4.58. The van der Waals surface area contributed by atoms with Gasteiger partial charge in [0.05, 0.1) is 0 Å². The van der Waals surface area contributed by atoms with Crippen LogP contribution < -0.4 is 21.3 Å². The first-order valence-electron chi connectivity index (χ1n) is 9.49. The largest absolute Gasteiger partial charge is 0.454 e. The van der Waals surface area contributed by atoms with E-state index in [4.69, 9.17) is 10.2 Å². The number of nitrogens with two attached hydrogens (primary N) is 1. The van der Waals surface area contributed by atoms with E-state index >= 15 is 0 Å². The highest BCUT2D eigenvalue weighted by Crippen LogP contribution is 2.20. The quantitative estimate of drug-likeness (QED) is 0.313. The summed E-state index contributed by atoms with van der Waals surface area (Å²) in [4.78, 5) is 17.8. The van der Waals surface area contributed by atoms with Gasteiger partial charge in [0.15, 0.2) is 11.7 Å². The second-order valence-electron chi connectivity index (χ2n) is 6.73. The highest BCUT2D eigenvalue weighted by molar-refractivity contribution is 14.0. The van der Waals surface area contributed by atoms with Gasteiger partial charge in [-0.15, -0.1) is 24.0 Å². The molecule has 1 amide bonds. The molecule has 1 unspecified atom stereocenters. The number of benzene rings is 1. The molecule has 1 aliphatic heterocycles. The van der Waals surface area contributed by atoms with E-state index in [9.17, 15) is 9.18 Å². The van der Waals surface area contributed by atoms with Gasteiger partial charge >= 0.3 is 0 Å². The fourth-order valence-corrected chi connectivity index (χ4v) is 3.27. The van der Waals surface area contributed by atoms with Gasteiger partial charge in [-0.2, -0.15) is 0 Å². The number of carbonyl (C=O) groups is 1. The normalized spacial score (nSPS) is 16.8. The number of halogens is 2. The van der Waals surface area contributed by atoms with Crippen LogP contribution in [0.4, 0.5) is 10.1 Å². The number of guanidine groups is 1. The predicted octanol–water partition coefficient (Wildman–Crippen LogP) is 2.86. The molecule has 0 saturated carbocycles. The average molecular weight is 515 g/mol. The first-order valence-corrected chi connectivity index (χ1v) is 9.49. The number of furan rings is 1. The van der Waals surface area contributed by atoms with Gasteiger partial charge < -0.3 is 25.7 Å². The predicted molar refractivity (Wildman–Crippen MR) is 122 cm³/mol. The van der Waals surface area contributed by atoms with E-state index in [0.717, 1.165) is 38.2 Å². The molecule has 2 heterocycles. The molecule has 29 heavy (non-hydrogen) atoms.